The molecule has 4 amide bonds. The van der Waals surface area contributed by atoms with E-state index in [1.54, 1.807) is 24.3 Å². The van der Waals surface area contributed by atoms with Crippen molar-refractivity contribution in [1.29, 1.82) is 0 Å². The minimum absolute atomic E-state index is 0.0218. The van der Waals surface area contributed by atoms with Gasteiger partial charge in [0.15, 0.2) is 0 Å². The summed E-state index contributed by atoms with van der Waals surface area (Å²) in [4.78, 5) is 49.2. The number of hydrogen-bond acceptors (Lipinski definition) is 6. The summed E-state index contributed by atoms with van der Waals surface area (Å²) in [6, 6.07) is 7.26. The molecule has 182 valence electrons. The first-order valence-corrected chi connectivity index (χ1v) is 11.3. The van der Waals surface area contributed by atoms with Crippen LogP contribution in [0.15, 0.2) is 30.3 Å². The maximum absolute atomic E-state index is 15.1. The van der Waals surface area contributed by atoms with E-state index < -0.39 is 35.2 Å². The number of nitrogens with one attached hydrogen (secondary N) is 1. The molecule has 2 aromatic rings. The highest BCUT2D eigenvalue weighted by Gasteiger charge is 2.43. The van der Waals surface area contributed by atoms with Crippen LogP contribution in [0.2, 0.25) is 0 Å². The van der Waals surface area contributed by atoms with Crippen LogP contribution in [-0.4, -0.2) is 40.9 Å². The molecule has 3 aliphatic heterocycles. The van der Waals surface area contributed by atoms with Crippen LogP contribution in [0.4, 0.5) is 9.18 Å². The summed E-state index contributed by atoms with van der Waals surface area (Å²) in [7, 11) is 0. The molecular formula is C25H24FN3O6. The second-order valence-electron chi connectivity index (χ2n) is 9.62. The smallest absolute Gasteiger partial charge is 0.409 e. The standard InChI is InChI=1S/C25H24FN3O6/c1-25(2)16-4-3-13(34-24(27)33)10-19(16)35-20(25)9-12-7-14-15(17(26)8-12)11-29(23(14)32)18-5-6-21(30)28-22(18)31/h3-4,7-8,10,18,20H,5-6,9,11H2,1-2H3,(H2,27,33)(H,28,30,31). The van der Waals surface area contributed by atoms with E-state index in [2.05, 4.69) is 5.32 Å². The van der Waals surface area contributed by atoms with Gasteiger partial charge < -0.3 is 20.1 Å². The Bertz CT molecular complexity index is 1290. The van der Waals surface area contributed by atoms with Crippen molar-refractivity contribution in [1.82, 2.24) is 10.2 Å². The average molecular weight is 481 g/mol. The van der Waals surface area contributed by atoms with Gasteiger partial charge in [0.2, 0.25) is 11.8 Å². The molecule has 1 saturated heterocycles. The van der Waals surface area contributed by atoms with Crippen molar-refractivity contribution in [2.24, 2.45) is 5.73 Å². The van der Waals surface area contributed by atoms with Gasteiger partial charge in [0.25, 0.3) is 5.91 Å². The maximum Gasteiger partial charge on any atom is 0.409 e. The summed E-state index contributed by atoms with van der Waals surface area (Å²) in [6.45, 7) is 3.97. The maximum atomic E-state index is 15.1. The number of benzene rings is 2. The Morgan fingerprint density at radius 2 is 2.03 bits per heavy atom. The van der Waals surface area contributed by atoms with E-state index in [0.29, 0.717) is 17.7 Å². The van der Waals surface area contributed by atoms with E-state index in [4.69, 9.17) is 15.2 Å². The lowest BCUT2D eigenvalue weighted by atomic mass is 9.78. The van der Waals surface area contributed by atoms with Gasteiger partial charge >= 0.3 is 6.09 Å². The molecule has 1 fully saturated rings. The number of fused-ring (bicyclic) bond motifs is 2. The van der Waals surface area contributed by atoms with E-state index in [-0.39, 0.29) is 48.3 Å². The molecule has 3 N–H and O–H groups in total. The number of nitrogens with two attached hydrogens (primary N) is 1. The van der Waals surface area contributed by atoms with Crippen LogP contribution < -0.4 is 20.5 Å². The zero-order valence-electron chi connectivity index (χ0n) is 19.2. The van der Waals surface area contributed by atoms with Crippen molar-refractivity contribution in [3.05, 3.63) is 58.4 Å². The number of carbonyl (C=O) groups is 4. The Hall–Kier alpha value is -3.95. The first kappa shape index (κ1) is 22.8. The van der Waals surface area contributed by atoms with E-state index in [1.807, 2.05) is 13.8 Å². The highest BCUT2D eigenvalue weighted by atomic mass is 19.1. The van der Waals surface area contributed by atoms with Gasteiger partial charge in [0.1, 0.15) is 29.5 Å². The van der Waals surface area contributed by atoms with Crippen LogP contribution in [0.1, 0.15) is 53.7 Å². The second kappa shape index (κ2) is 8.07. The number of hydrogen-bond donors (Lipinski definition) is 2. The molecule has 35 heavy (non-hydrogen) atoms. The number of rotatable bonds is 4. The number of ether oxygens (including phenoxy) is 2. The van der Waals surface area contributed by atoms with Crippen molar-refractivity contribution in [2.45, 2.75) is 57.2 Å². The van der Waals surface area contributed by atoms with Gasteiger partial charge in [-0.3, -0.25) is 19.7 Å². The lowest BCUT2D eigenvalue weighted by Gasteiger charge is -2.29. The van der Waals surface area contributed by atoms with Crippen LogP contribution in [0.5, 0.6) is 11.5 Å². The Morgan fingerprint density at radius 1 is 1.26 bits per heavy atom. The molecule has 2 atom stereocenters. The van der Waals surface area contributed by atoms with Crippen molar-refractivity contribution in [3.8, 4) is 11.5 Å². The molecule has 0 aromatic heterocycles. The monoisotopic (exact) mass is 481 g/mol. The largest absolute Gasteiger partial charge is 0.489 e. The molecule has 3 aliphatic rings. The topological polar surface area (TPSA) is 128 Å². The van der Waals surface area contributed by atoms with E-state index >= 15 is 4.39 Å². The molecule has 10 heteroatoms. The number of nitrogens with zero attached hydrogens (tertiary/aromatic N) is 1. The SMILES string of the molecule is CC1(C)c2ccc(OC(N)=O)cc2OC1Cc1cc(F)c2c(c1)C(=O)N(C1CCC(=O)NC1=O)C2. The van der Waals surface area contributed by atoms with Gasteiger partial charge in [0, 0.05) is 41.0 Å². The predicted octanol–water partition coefficient (Wildman–Crippen LogP) is 2.33. The first-order valence-electron chi connectivity index (χ1n) is 11.3. The van der Waals surface area contributed by atoms with Crippen LogP contribution >= 0.6 is 0 Å². The van der Waals surface area contributed by atoms with Crippen LogP contribution in [0, 0.1) is 5.82 Å². The summed E-state index contributed by atoms with van der Waals surface area (Å²) in [5, 5.41) is 2.24. The Morgan fingerprint density at radius 3 is 2.74 bits per heavy atom. The second-order valence-corrected chi connectivity index (χ2v) is 9.62. The molecule has 2 unspecified atom stereocenters. The van der Waals surface area contributed by atoms with Gasteiger partial charge in [-0.15, -0.1) is 0 Å². The molecule has 0 bridgehead atoms. The summed E-state index contributed by atoms with van der Waals surface area (Å²) < 4.78 is 26.2. The van der Waals surface area contributed by atoms with E-state index in [9.17, 15) is 19.2 Å². The quantitative estimate of drug-likeness (QED) is 0.645. The molecule has 0 radical (unpaired) electrons. The predicted molar refractivity (Wildman–Crippen MR) is 120 cm³/mol. The molecule has 0 aliphatic carbocycles. The minimum Gasteiger partial charge on any atom is -0.489 e. The van der Waals surface area contributed by atoms with Gasteiger partial charge in [-0.2, -0.15) is 0 Å². The van der Waals surface area contributed by atoms with Gasteiger partial charge in [0.05, 0.1) is 6.54 Å². The summed E-state index contributed by atoms with van der Waals surface area (Å²) in [5.74, 6) is -1.07. The first-order chi connectivity index (χ1) is 16.5. The molecule has 9 nitrogen and oxygen atoms in total. The lowest BCUT2D eigenvalue weighted by molar-refractivity contribution is -0.136. The molecule has 5 rings (SSSR count). The van der Waals surface area contributed by atoms with Gasteiger partial charge in [-0.25, -0.2) is 9.18 Å². The van der Waals surface area contributed by atoms with Crippen LogP contribution in [-0.2, 0) is 28.0 Å². The van der Waals surface area contributed by atoms with Crippen molar-refractivity contribution >= 4 is 23.8 Å². The summed E-state index contributed by atoms with van der Waals surface area (Å²) >= 11 is 0. The minimum atomic E-state index is -0.927. The normalized spacial score (nSPS) is 22.4. The van der Waals surface area contributed by atoms with Crippen molar-refractivity contribution in [3.63, 3.8) is 0 Å². The zero-order chi connectivity index (χ0) is 25.1. The number of carbonyl (C=O) groups excluding carboxylic acids is 4. The van der Waals surface area contributed by atoms with Crippen LogP contribution in [0.25, 0.3) is 0 Å². The van der Waals surface area contributed by atoms with Crippen molar-refractivity contribution < 1.29 is 33.0 Å². The fourth-order valence-electron chi connectivity index (χ4n) is 5.09. The fraction of sp³-hybridized carbons (Fsp3) is 0.360. The third kappa shape index (κ3) is 3.88. The third-order valence-corrected chi connectivity index (χ3v) is 7.02. The zero-order valence-corrected chi connectivity index (χ0v) is 19.2. The third-order valence-electron chi connectivity index (χ3n) is 7.02. The molecule has 2 aromatic carbocycles. The molecule has 0 saturated carbocycles. The number of primary amides is 1. The molecular weight excluding hydrogens is 457 g/mol. The summed E-state index contributed by atoms with van der Waals surface area (Å²) in [6.07, 6.45) is -0.637. The summed E-state index contributed by atoms with van der Waals surface area (Å²) in [5.41, 5.74) is 6.59. The Balaban J connectivity index is 1.38. The Kier molecular flexibility index (Phi) is 5.26. The lowest BCUT2D eigenvalue weighted by Crippen LogP contribution is -2.52. The highest BCUT2D eigenvalue weighted by molar-refractivity contribution is 6.05. The highest BCUT2D eigenvalue weighted by Crippen LogP contribution is 2.45. The number of imide groups is 1. The number of amides is 4. The van der Waals surface area contributed by atoms with E-state index in [1.165, 1.54) is 11.0 Å². The molecule has 0 spiro atoms. The molecule has 3 heterocycles. The fourth-order valence-corrected chi connectivity index (χ4v) is 5.09. The number of halogens is 1. The van der Waals surface area contributed by atoms with Gasteiger partial charge in [-0.05, 0) is 30.2 Å². The Labute approximate surface area is 200 Å². The number of piperidine rings is 1. The van der Waals surface area contributed by atoms with Crippen LogP contribution in [0.3, 0.4) is 0 Å². The average Bonchev–Trinajstić information content (AvgIpc) is 3.22. The van der Waals surface area contributed by atoms with Gasteiger partial charge in [-0.1, -0.05) is 19.9 Å². The van der Waals surface area contributed by atoms with E-state index in [0.717, 1.165) is 5.56 Å². The van der Waals surface area contributed by atoms with Crippen molar-refractivity contribution in [2.75, 3.05) is 0 Å².